The standard InChI is InChI=1S/C12H27O4Si.C2H5O.2H2O.Zr/c1-7-10(4)14-17(13,15-11(5)8-2)16-12(6)9-3;1-2-3;;;/h10-12H,7-9H2,1-6H3;2H2,1H3;2*1H2;/q2*-1;;;+4/p-2. The van der Waals surface area contributed by atoms with E-state index in [9.17, 15) is 6.37 Å². The van der Waals surface area contributed by atoms with Crippen molar-refractivity contribution in [2.45, 2.75) is 86.0 Å². The van der Waals surface area contributed by atoms with Crippen LogP contribution in [0.3, 0.4) is 0 Å². The summed E-state index contributed by atoms with van der Waals surface area (Å²) in [5.41, 5.74) is 0. The van der Waals surface area contributed by atoms with Crippen molar-refractivity contribution in [1.82, 2.24) is 0 Å². The molecule has 3 unspecified atom stereocenters. The zero-order chi connectivity index (χ0) is 18.1. The van der Waals surface area contributed by atoms with Crippen LogP contribution >= 0.6 is 0 Å². The fraction of sp³-hybridized carbons (Fsp3) is 1.00. The molecule has 2 N–H and O–H groups in total. The monoisotopic (exact) mass is 432 g/mol. The Bertz CT molecular complexity index is 288. The molecule has 0 fully saturated rings. The van der Waals surface area contributed by atoms with Gasteiger partial charge in [-0.2, -0.15) is 0 Å². The molecule has 0 spiro atoms. The van der Waals surface area contributed by atoms with Gasteiger partial charge in [-0.1, -0.05) is 0 Å². The van der Waals surface area contributed by atoms with E-state index in [1.165, 1.54) is 0 Å². The van der Waals surface area contributed by atoms with E-state index in [1.54, 1.807) is 6.92 Å². The quantitative estimate of drug-likeness (QED) is 0.432. The molecule has 0 radical (unpaired) electrons. The average molecular weight is 434 g/mol. The van der Waals surface area contributed by atoms with Gasteiger partial charge < -0.3 is 0 Å². The van der Waals surface area contributed by atoms with E-state index in [-0.39, 0.29) is 24.9 Å². The van der Waals surface area contributed by atoms with Gasteiger partial charge in [0.25, 0.3) is 0 Å². The molecule has 0 aliphatic carbocycles. The molecule has 9 heteroatoms. The molecule has 0 bridgehead atoms. The first-order chi connectivity index (χ1) is 10.6. The van der Waals surface area contributed by atoms with Crippen molar-refractivity contribution in [3.8, 4) is 0 Å². The molecular formula is C14H34O7SiZr. The molecular weight excluding hydrogens is 399 g/mol. The predicted octanol–water partition coefficient (Wildman–Crippen LogP) is 2.72. The Kier molecular flexibility index (Phi) is 11.8. The average Bonchev–Trinajstić information content (AvgIpc) is 2.45. The summed E-state index contributed by atoms with van der Waals surface area (Å²) >= 11 is -5.19. The summed E-state index contributed by atoms with van der Waals surface area (Å²) in [6, 6.07) is 0. The van der Waals surface area contributed by atoms with Crippen LogP contribution in [0.4, 0.5) is 0 Å². The van der Waals surface area contributed by atoms with Gasteiger partial charge in [0, 0.05) is 0 Å². The topological polar surface area (TPSA) is 86.6 Å². The zero-order valence-corrected chi connectivity index (χ0v) is 19.0. The van der Waals surface area contributed by atoms with E-state index >= 15 is 0 Å². The molecule has 0 rings (SSSR count). The van der Waals surface area contributed by atoms with Gasteiger partial charge in [0.05, 0.1) is 0 Å². The Balaban J connectivity index is 5.50. The third-order valence-corrected chi connectivity index (χ3v) is 11.4. The van der Waals surface area contributed by atoms with Gasteiger partial charge in [0.2, 0.25) is 0 Å². The first-order valence-corrected chi connectivity index (χ1v) is 14.3. The SMILES string of the molecule is CC[O][Zr]([OH])([OH])[O][Si](OC(C)CC)(OC(C)CC)OC(C)CC. The molecule has 0 aromatic carbocycles. The molecule has 140 valence electrons. The molecule has 0 aliphatic heterocycles. The molecule has 0 saturated carbocycles. The van der Waals surface area contributed by atoms with Crippen molar-refractivity contribution in [3.63, 3.8) is 0 Å². The number of hydrogen-bond acceptors (Lipinski definition) is 7. The van der Waals surface area contributed by atoms with E-state index in [2.05, 4.69) is 0 Å². The summed E-state index contributed by atoms with van der Waals surface area (Å²) in [5.74, 6) is 0. The van der Waals surface area contributed by atoms with Crippen molar-refractivity contribution >= 4 is 9.05 Å². The molecule has 0 heterocycles. The van der Waals surface area contributed by atoms with Crippen molar-refractivity contribution in [1.29, 1.82) is 0 Å². The van der Waals surface area contributed by atoms with Gasteiger partial charge >= 0.3 is 149 Å². The first-order valence-electron chi connectivity index (χ1n) is 8.45. The fourth-order valence-electron chi connectivity index (χ4n) is 1.53. The van der Waals surface area contributed by atoms with Crippen LogP contribution in [0.2, 0.25) is 0 Å². The second kappa shape index (κ2) is 11.4. The van der Waals surface area contributed by atoms with Crippen LogP contribution in [-0.4, -0.2) is 40.3 Å². The van der Waals surface area contributed by atoms with E-state index in [4.69, 9.17) is 18.6 Å². The normalized spacial score (nSPS) is 19.2. The molecule has 0 saturated heterocycles. The Morgan fingerprint density at radius 1 is 0.783 bits per heavy atom. The van der Waals surface area contributed by atoms with E-state index < -0.39 is 31.1 Å². The van der Waals surface area contributed by atoms with Crippen LogP contribution in [0.5, 0.6) is 0 Å². The minimum absolute atomic E-state index is 0.142. The maximum absolute atomic E-state index is 10.1. The van der Waals surface area contributed by atoms with E-state index in [1.807, 2.05) is 41.5 Å². The van der Waals surface area contributed by atoms with Crippen LogP contribution in [-0.2, 0) is 40.6 Å². The Morgan fingerprint density at radius 3 is 1.39 bits per heavy atom. The van der Waals surface area contributed by atoms with Gasteiger partial charge in [-0.3, -0.25) is 0 Å². The van der Waals surface area contributed by atoms with Crippen LogP contribution in [0, 0.1) is 0 Å². The van der Waals surface area contributed by atoms with Gasteiger partial charge in [0.15, 0.2) is 0 Å². The molecule has 3 atom stereocenters. The molecule has 0 aliphatic rings. The minimum atomic E-state index is -5.19. The first kappa shape index (κ1) is 23.8. The third kappa shape index (κ3) is 9.77. The summed E-state index contributed by atoms with van der Waals surface area (Å²) in [5, 5.41) is 0. The summed E-state index contributed by atoms with van der Waals surface area (Å²) in [7, 11) is -3.75. The van der Waals surface area contributed by atoms with Crippen molar-refractivity contribution in [2.75, 3.05) is 6.61 Å². The summed E-state index contributed by atoms with van der Waals surface area (Å²) in [6.45, 7) is 13.3. The van der Waals surface area contributed by atoms with Crippen LogP contribution < -0.4 is 0 Å². The third-order valence-electron chi connectivity index (χ3n) is 3.35. The van der Waals surface area contributed by atoms with Gasteiger partial charge in [-0.25, -0.2) is 0 Å². The Labute approximate surface area is 148 Å². The van der Waals surface area contributed by atoms with Gasteiger partial charge in [0.1, 0.15) is 0 Å². The second-order valence-corrected chi connectivity index (χ2v) is 12.4. The van der Waals surface area contributed by atoms with Gasteiger partial charge in [-0.05, 0) is 0 Å². The molecule has 7 nitrogen and oxygen atoms in total. The fourth-order valence-corrected chi connectivity index (χ4v) is 9.02. The van der Waals surface area contributed by atoms with Crippen molar-refractivity contribution < 1.29 is 47.0 Å². The zero-order valence-electron chi connectivity index (χ0n) is 15.5. The molecule has 0 aromatic rings. The van der Waals surface area contributed by atoms with Gasteiger partial charge in [-0.15, -0.1) is 0 Å². The van der Waals surface area contributed by atoms with Crippen LogP contribution in [0.1, 0.15) is 67.7 Å². The Morgan fingerprint density at radius 2 is 1.13 bits per heavy atom. The van der Waals surface area contributed by atoms with E-state index in [0.717, 1.165) is 19.3 Å². The predicted molar refractivity (Wildman–Crippen MR) is 85.4 cm³/mol. The number of hydrogen-bond donors (Lipinski definition) is 2. The Hall–Kier alpha value is 0.820. The van der Waals surface area contributed by atoms with Crippen molar-refractivity contribution in [3.05, 3.63) is 0 Å². The molecule has 0 amide bonds. The van der Waals surface area contributed by atoms with Crippen molar-refractivity contribution in [2.24, 2.45) is 0 Å². The maximum atomic E-state index is 10.1. The molecule has 0 aromatic heterocycles. The number of rotatable bonds is 13. The summed E-state index contributed by atoms with van der Waals surface area (Å²) < 4.78 is 48.6. The summed E-state index contributed by atoms with van der Waals surface area (Å²) in [4.78, 5) is 0. The van der Waals surface area contributed by atoms with Crippen LogP contribution in [0.25, 0.3) is 0 Å². The molecule has 23 heavy (non-hydrogen) atoms. The summed E-state index contributed by atoms with van der Waals surface area (Å²) in [6.07, 6.45) is 1.58. The second-order valence-electron chi connectivity index (χ2n) is 5.59. The van der Waals surface area contributed by atoms with E-state index in [0.29, 0.717) is 0 Å². The van der Waals surface area contributed by atoms with Crippen LogP contribution in [0.15, 0.2) is 0 Å².